The summed E-state index contributed by atoms with van der Waals surface area (Å²) in [6.45, 7) is 3.20. The van der Waals surface area contributed by atoms with Crippen LogP contribution in [0.3, 0.4) is 0 Å². The molecule has 1 unspecified atom stereocenters. The molecule has 1 aromatic carbocycles. The Labute approximate surface area is 128 Å². The van der Waals surface area contributed by atoms with E-state index in [0.717, 1.165) is 12.1 Å². The fraction of sp³-hybridized carbons (Fsp3) is 0.417. The van der Waals surface area contributed by atoms with Gasteiger partial charge in [0.1, 0.15) is 11.5 Å². The molecule has 20 heavy (non-hydrogen) atoms. The first-order chi connectivity index (χ1) is 9.21. The van der Waals surface area contributed by atoms with Gasteiger partial charge in [0.05, 0.1) is 13.9 Å². The third-order valence-corrected chi connectivity index (χ3v) is 4.03. The van der Waals surface area contributed by atoms with E-state index >= 15 is 0 Å². The number of aliphatic carboxylic acids is 1. The lowest BCUT2D eigenvalue weighted by Crippen LogP contribution is -2.34. The molecule has 0 fully saturated rings. The number of carboxylic acid groups (broad SMARTS) is 1. The zero-order valence-electron chi connectivity index (χ0n) is 10.9. The van der Waals surface area contributed by atoms with E-state index in [0.29, 0.717) is 6.42 Å². The molecule has 1 rings (SSSR count). The van der Waals surface area contributed by atoms with Crippen LogP contribution in [-0.4, -0.2) is 22.5 Å². The molecule has 8 heteroatoms. The summed E-state index contributed by atoms with van der Waals surface area (Å²) in [6.07, 6.45) is 0.343. The van der Waals surface area contributed by atoms with Crippen molar-refractivity contribution in [3.8, 4) is 0 Å². The minimum Gasteiger partial charge on any atom is -0.481 e. The second kappa shape index (κ2) is 6.33. The summed E-state index contributed by atoms with van der Waals surface area (Å²) < 4.78 is 13.6. The van der Waals surface area contributed by atoms with Gasteiger partial charge >= 0.3 is 5.97 Å². The summed E-state index contributed by atoms with van der Waals surface area (Å²) in [5.74, 6) is -1.60. The molecule has 0 heterocycles. The Morgan fingerprint density at radius 3 is 2.65 bits per heavy atom. The van der Waals surface area contributed by atoms with Gasteiger partial charge in [0.15, 0.2) is 0 Å². The molecule has 0 spiro atoms. The Morgan fingerprint density at radius 1 is 1.60 bits per heavy atom. The van der Waals surface area contributed by atoms with Gasteiger partial charge in [0.25, 0.3) is 5.69 Å². The van der Waals surface area contributed by atoms with Gasteiger partial charge in [-0.25, -0.2) is 4.39 Å². The Balaban J connectivity index is 3.06. The van der Waals surface area contributed by atoms with E-state index in [-0.39, 0.29) is 21.5 Å². The summed E-state index contributed by atoms with van der Waals surface area (Å²) >= 11 is 1.66. The SMILES string of the molecule is CCC(C)(CNc1cc(F)c(I)cc1[N+](=O)[O-])C(=O)O. The summed E-state index contributed by atoms with van der Waals surface area (Å²) in [5.41, 5.74) is -1.37. The fourth-order valence-corrected chi connectivity index (χ4v) is 1.92. The third-order valence-electron chi connectivity index (χ3n) is 3.20. The smallest absolute Gasteiger partial charge is 0.311 e. The van der Waals surface area contributed by atoms with Crippen LogP contribution in [0.1, 0.15) is 20.3 Å². The van der Waals surface area contributed by atoms with E-state index in [1.54, 1.807) is 29.5 Å². The van der Waals surface area contributed by atoms with E-state index in [9.17, 15) is 19.3 Å². The van der Waals surface area contributed by atoms with Crippen LogP contribution in [0.15, 0.2) is 12.1 Å². The quantitative estimate of drug-likeness (QED) is 0.438. The second-order valence-corrected chi connectivity index (χ2v) is 5.78. The Bertz CT molecular complexity index is 553. The largest absolute Gasteiger partial charge is 0.481 e. The number of benzene rings is 1. The number of carboxylic acids is 1. The first kappa shape index (κ1) is 16.6. The highest BCUT2D eigenvalue weighted by Gasteiger charge is 2.31. The number of nitro benzene ring substituents is 1. The maximum absolute atomic E-state index is 13.5. The highest BCUT2D eigenvalue weighted by Crippen LogP contribution is 2.30. The number of nitrogens with one attached hydrogen (secondary N) is 1. The number of carbonyl (C=O) groups is 1. The van der Waals surface area contributed by atoms with Crippen molar-refractivity contribution in [1.82, 2.24) is 0 Å². The average molecular weight is 396 g/mol. The Hall–Kier alpha value is -1.45. The van der Waals surface area contributed by atoms with Crippen LogP contribution in [0, 0.1) is 24.9 Å². The van der Waals surface area contributed by atoms with Crippen molar-refractivity contribution in [1.29, 1.82) is 0 Å². The van der Waals surface area contributed by atoms with Crippen molar-refractivity contribution in [3.05, 3.63) is 31.6 Å². The highest BCUT2D eigenvalue weighted by atomic mass is 127. The number of hydrogen-bond acceptors (Lipinski definition) is 4. The standard InChI is InChI=1S/C12H14FIN2O4/c1-3-12(2,11(17)18)6-15-9-4-7(13)8(14)5-10(9)16(19)20/h4-5,15H,3,6H2,1-2H3,(H,17,18). The maximum Gasteiger partial charge on any atom is 0.311 e. The molecule has 1 aromatic rings. The lowest BCUT2D eigenvalue weighted by molar-refractivity contribution is -0.384. The first-order valence-corrected chi connectivity index (χ1v) is 6.90. The summed E-state index contributed by atoms with van der Waals surface area (Å²) in [4.78, 5) is 21.5. The van der Waals surface area contributed by atoms with Crippen LogP contribution in [-0.2, 0) is 4.79 Å². The van der Waals surface area contributed by atoms with Crippen LogP contribution in [0.25, 0.3) is 0 Å². The van der Waals surface area contributed by atoms with Crippen molar-refractivity contribution in [2.75, 3.05) is 11.9 Å². The zero-order valence-corrected chi connectivity index (χ0v) is 13.1. The van der Waals surface area contributed by atoms with E-state index < -0.39 is 22.1 Å². The molecule has 1 atom stereocenters. The summed E-state index contributed by atoms with van der Waals surface area (Å²) in [6, 6.07) is 2.13. The van der Waals surface area contributed by atoms with Crippen LogP contribution >= 0.6 is 22.6 Å². The predicted octanol–water partition coefficient (Wildman–Crippen LogP) is 3.25. The molecular formula is C12H14FIN2O4. The van der Waals surface area contributed by atoms with Crippen molar-refractivity contribution in [2.45, 2.75) is 20.3 Å². The number of hydrogen-bond donors (Lipinski definition) is 2. The maximum atomic E-state index is 13.5. The molecule has 0 amide bonds. The molecule has 110 valence electrons. The van der Waals surface area contributed by atoms with Crippen molar-refractivity contribution < 1.29 is 19.2 Å². The fourth-order valence-electron chi connectivity index (χ4n) is 1.47. The first-order valence-electron chi connectivity index (χ1n) is 5.82. The minimum absolute atomic E-state index is 0.0196. The number of nitro groups is 1. The van der Waals surface area contributed by atoms with Crippen LogP contribution in [0.2, 0.25) is 0 Å². The van der Waals surface area contributed by atoms with Gasteiger partial charge in [0.2, 0.25) is 0 Å². The van der Waals surface area contributed by atoms with E-state index in [1.807, 2.05) is 0 Å². The molecule has 0 aromatic heterocycles. The third kappa shape index (κ3) is 3.56. The lowest BCUT2D eigenvalue weighted by atomic mass is 9.87. The van der Waals surface area contributed by atoms with E-state index in [4.69, 9.17) is 5.11 Å². The molecule has 0 saturated carbocycles. The van der Waals surface area contributed by atoms with Gasteiger partial charge in [0, 0.05) is 18.7 Å². The van der Waals surface area contributed by atoms with E-state index in [1.165, 1.54) is 6.92 Å². The lowest BCUT2D eigenvalue weighted by Gasteiger charge is -2.23. The number of halogens is 2. The van der Waals surface area contributed by atoms with Gasteiger partial charge in [-0.3, -0.25) is 14.9 Å². The van der Waals surface area contributed by atoms with Crippen molar-refractivity contribution >= 4 is 39.9 Å². The van der Waals surface area contributed by atoms with Gasteiger partial charge in [-0.05, 0) is 35.9 Å². The van der Waals surface area contributed by atoms with Crippen LogP contribution in [0.4, 0.5) is 15.8 Å². The summed E-state index contributed by atoms with van der Waals surface area (Å²) in [7, 11) is 0. The molecule has 0 saturated heterocycles. The van der Waals surface area contributed by atoms with Gasteiger partial charge in [-0.1, -0.05) is 6.92 Å². The van der Waals surface area contributed by atoms with Gasteiger partial charge in [-0.2, -0.15) is 0 Å². The number of anilines is 1. The second-order valence-electron chi connectivity index (χ2n) is 4.61. The van der Waals surface area contributed by atoms with Crippen molar-refractivity contribution in [2.24, 2.45) is 5.41 Å². The molecule has 0 aliphatic carbocycles. The summed E-state index contributed by atoms with van der Waals surface area (Å²) in [5, 5.41) is 22.7. The highest BCUT2D eigenvalue weighted by molar-refractivity contribution is 14.1. The Kier molecular flexibility index (Phi) is 5.26. The zero-order chi connectivity index (χ0) is 15.5. The number of rotatable bonds is 6. The predicted molar refractivity (Wildman–Crippen MR) is 80.3 cm³/mol. The van der Waals surface area contributed by atoms with Gasteiger partial charge in [-0.15, -0.1) is 0 Å². The average Bonchev–Trinajstić information content (AvgIpc) is 2.38. The topological polar surface area (TPSA) is 92.5 Å². The minimum atomic E-state index is -1.08. The van der Waals surface area contributed by atoms with E-state index in [2.05, 4.69) is 5.32 Å². The molecule has 0 aliphatic heterocycles. The molecule has 2 N–H and O–H groups in total. The van der Waals surface area contributed by atoms with Gasteiger partial charge < -0.3 is 10.4 Å². The molecule has 0 radical (unpaired) electrons. The molecular weight excluding hydrogens is 382 g/mol. The molecule has 0 aliphatic rings. The Morgan fingerprint density at radius 2 is 2.20 bits per heavy atom. The molecule has 0 bridgehead atoms. The van der Waals surface area contributed by atoms with Crippen molar-refractivity contribution in [3.63, 3.8) is 0 Å². The number of nitrogens with zero attached hydrogens (tertiary/aromatic N) is 1. The molecule has 6 nitrogen and oxygen atoms in total. The normalized spacial score (nSPS) is 13.6. The van der Waals surface area contributed by atoms with Crippen LogP contribution < -0.4 is 5.32 Å². The monoisotopic (exact) mass is 396 g/mol. The van der Waals surface area contributed by atoms with Crippen LogP contribution in [0.5, 0.6) is 0 Å².